The fraction of sp³-hybridized carbons (Fsp3) is 0. The summed E-state index contributed by atoms with van der Waals surface area (Å²) < 4.78 is 0. The lowest BCUT2D eigenvalue weighted by atomic mass is 9.89. The Balaban J connectivity index is 1.61. The van der Waals surface area contributed by atoms with Crippen LogP contribution in [0.4, 0.5) is 0 Å². The lowest BCUT2D eigenvalue weighted by molar-refractivity contribution is 1.57. The molecule has 0 aliphatic rings. The lowest BCUT2D eigenvalue weighted by Gasteiger charge is -2.15. The molecule has 36 heavy (non-hydrogen) atoms. The summed E-state index contributed by atoms with van der Waals surface area (Å²) in [5, 5.41) is 16.2. The summed E-state index contributed by atoms with van der Waals surface area (Å²) in [7, 11) is 0. The first-order chi connectivity index (χ1) is 17.7. The number of fused-ring (bicyclic) bond motifs is 13. The van der Waals surface area contributed by atoms with Crippen LogP contribution in [0.3, 0.4) is 0 Å². The van der Waals surface area contributed by atoms with Crippen LogP contribution in [-0.2, 0) is 0 Å². The van der Waals surface area contributed by atoms with Gasteiger partial charge in [-0.25, -0.2) is 4.98 Å². The van der Waals surface area contributed by atoms with Gasteiger partial charge < -0.3 is 0 Å². The molecule has 0 radical (unpaired) electrons. The van der Waals surface area contributed by atoms with E-state index in [4.69, 9.17) is 4.98 Å². The van der Waals surface area contributed by atoms with Crippen LogP contribution in [0.1, 0.15) is 0 Å². The van der Waals surface area contributed by atoms with E-state index in [0.717, 1.165) is 21.7 Å². The fourth-order valence-corrected chi connectivity index (χ4v) is 6.21. The van der Waals surface area contributed by atoms with Gasteiger partial charge in [0.25, 0.3) is 0 Å². The zero-order chi connectivity index (χ0) is 23.5. The van der Waals surface area contributed by atoms with E-state index in [9.17, 15) is 4.79 Å². The molecule has 0 spiro atoms. The highest BCUT2D eigenvalue weighted by Gasteiger charge is 2.21. The molecule has 0 aliphatic heterocycles. The van der Waals surface area contributed by atoms with E-state index in [1.165, 1.54) is 59.2 Å². The van der Waals surface area contributed by atoms with E-state index < -0.39 is 0 Å². The van der Waals surface area contributed by atoms with Gasteiger partial charge >= 0.3 is 0 Å². The van der Waals surface area contributed by atoms with Gasteiger partial charge in [-0.15, -0.1) is 0 Å². The van der Waals surface area contributed by atoms with Crippen LogP contribution >= 0.6 is 0 Å². The molecular weight excluding hydrogens is 438 g/mol. The molecule has 9 rings (SSSR count). The standard InChI is InChI=1S/C34H17NO/c36-34-29-17-28-31-24(11-9-22-13-18-5-2-4-8-21(18)16-27(22)31)30-25(32(28)35-33(29)34)12-10-23-14-19-6-1-3-7-20(19)15-26(23)30/h1-17H. The molecule has 8 aromatic carbocycles. The Morgan fingerprint density at radius 1 is 0.389 bits per heavy atom. The predicted octanol–water partition coefficient (Wildman–Crippen LogP) is 8.54. The molecule has 0 aliphatic carbocycles. The Hall–Kier alpha value is -4.82. The van der Waals surface area contributed by atoms with Crippen molar-refractivity contribution in [2.75, 3.05) is 0 Å². The third kappa shape index (κ3) is 2.26. The van der Waals surface area contributed by atoms with Gasteiger partial charge in [-0.05, 0) is 89.6 Å². The molecule has 0 bridgehead atoms. The zero-order valence-corrected chi connectivity index (χ0v) is 19.2. The molecule has 2 heteroatoms. The molecule has 0 saturated carbocycles. The molecule has 1 aromatic heterocycles. The molecule has 0 fully saturated rings. The van der Waals surface area contributed by atoms with E-state index in [1.807, 2.05) is 0 Å². The van der Waals surface area contributed by atoms with Gasteiger partial charge in [-0.2, -0.15) is 0 Å². The van der Waals surface area contributed by atoms with Gasteiger partial charge in [0.2, 0.25) is 5.43 Å². The maximum absolute atomic E-state index is 12.5. The smallest absolute Gasteiger partial charge is 0.214 e. The van der Waals surface area contributed by atoms with Crippen molar-refractivity contribution in [1.29, 1.82) is 0 Å². The van der Waals surface area contributed by atoms with Gasteiger partial charge in [0, 0.05) is 10.8 Å². The van der Waals surface area contributed by atoms with E-state index in [1.54, 1.807) is 0 Å². The minimum absolute atomic E-state index is 0.0740. The van der Waals surface area contributed by atoms with E-state index in [0.29, 0.717) is 5.52 Å². The summed E-state index contributed by atoms with van der Waals surface area (Å²) in [6, 6.07) is 37.1. The van der Waals surface area contributed by atoms with E-state index in [2.05, 4.69) is 103 Å². The Morgan fingerprint density at radius 3 is 1.53 bits per heavy atom. The lowest BCUT2D eigenvalue weighted by Crippen LogP contribution is -1.89. The van der Waals surface area contributed by atoms with Crippen LogP contribution < -0.4 is 5.43 Å². The summed E-state index contributed by atoms with van der Waals surface area (Å²) in [6.45, 7) is 0. The maximum atomic E-state index is 12.5. The summed E-state index contributed by atoms with van der Waals surface area (Å²) in [5.74, 6) is 0. The number of benzene rings is 7. The average molecular weight is 456 g/mol. The molecular formula is C34H17NO. The quantitative estimate of drug-likeness (QED) is 0.169. The van der Waals surface area contributed by atoms with Crippen LogP contribution in [0.25, 0.3) is 86.4 Å². The zero-order valence-electron chi connectivity index (χ0n) is 19.2. The maximum Gasteiger partial charge on any atom is 0.214 e. The van der Waals surface area contributed by atoms with Gasteiger partial charge in [0.05, 0.1) is 10.9 Å². The molecule has 0 N–H and O–H groups in total. The Labute approximate surface area is 204 Å². The van der Waals surface area contributed by atoms with Crippen LogP contribution in [0.2, 0.25) is 0 Å². The third-order valence-electron chi connectivity index (χ3n) is 7.99. The van der Waals surface area contributed by atoms with Crippen molar-refractivity contribution >= 4 is 86.4 Å². The summed E-state index contributed by atoms with van der Waals surface area (Å²) >= 11 is 0. The van der Waals surface area contributed by atoms with Crippen molar-refractivity contribution in [1.82, 2.24) is 4.98 Å². The second-order valence-corrected chi connectivity index (χ2v) is 9.93. The highest BCUT2D eigenvalue weighted by molar-refractivity contribution is 6.37. The Morgan fingerprint density at radius 2 is 0.917 bits per heavy atom. The van der Waals surface area contributed by atoms with Crippen LogP contribution in [0.5, 0.6) is 0 Å². The molecule has 164 valence electrons. The van der Waals surface area contributed by atoms with Gasteiger partial charge in [-0.1, -0.05) is 72.8 Å². The van der Waals surface area contributed by atoms with Crippen molar-refractivity contribution in [3.8, 4) is 0 Å². The average Bonchev–Trinajstić information content (AvgIpc) is 3.56. The minimum atomic E-state index is 0.0740. The number of nitrogens with zero attached hydrogens (tertiary/aromatic N) is 1. The van der Waals surface area contributed by atoms with Crippen molar-refractivity contribution in [2.45, 2.75) is 0 Å². The molecule has 0 unspecified atom stereocenters. The molecule has 1 heterocycles. The highest BCUT2D eigenvalue weighted by Crippen LogP contribution is 2.43. The number of pyridine rings is 1. The summed E-state index contributed by atoms with van der Waals surface area (Å²) in [5.41, 5.74) is 1.61. The topological polar surface area (TPSA) is 30.0 Å². The largest absolute Gasteiger partial charge is 0.287 e. The van der Waals surface area contributed by atoms with Gasteiger partial charge in [-0.3, -0.25) is 4.79 Å². The van der Waals surface area contributed by atoms with Crippen LogP contribution in [0.15, 0.2) is 108 Å². The third-order valence-corrected chi connectivity index (χ3v) is 7.99. The van der Waals surface area contributed by atoms with Gasteiger partial charge in [0.1, 0.15) is 5.52 Å². The number of rotatable bonds is 0. The van der Waals surface area contributed by atoms with Gasteiger partial charge in [0.15, 0.2) is 0 Å². The second kappa shape index (κ2) is 6.24. The first kappa shape index (κ1) is 18.5. The molecule has 0 amide bonds. The minimum Gasteiger partial charge on any atom is -0.287 e. The normalized spacial score (nSPS) is 12.6. The first-order valence-electron chi connectivity index (χ1n) is 12.3. The van der Waals surface area contributed by atoms with Crippen molar-refractivity contribution in [3.63, 3.8) is 0 Å². The Bertz CT molecular complexity index is 2440. The fourth-order valence-electron chi connectivity index (χ4n) is 6.21. The predicted molar refractivity (Wildman–Crippen MR) is 153 cm³/mol. The van der Waals surface area contributed by atoms with E-state index in [-0.39, 0.29) is 5.43 Å². The SMILES string of the molecule is O=c1c2cc3c(nc12)c1ccc2cc4ccccc4cc2c1c1ccc2cc4ccccc4cc2c31. The number of hydrogen-bond donors (Lipinski definition) is 0. The van der Waals surface area contributed by atoms with Crippen molar-refractivity contribution in [2.24, 2.45) is 0 Å². The molecule has 9 aromatic rings. The van der Waals surface area contributed by atoms with Crippen molar-refractivity contribution in [3.05, 3.63) is 113 Å². The summed E-state index contributed by atoms with van der Waals surface area (Å²) in [6.07, 6.45) is 0. The Kier molecular flexibility index (Phi) is 3.21. The molecule has 2 nitrogen and oxygen atoms in total. The second-order valence-electron chi connectivity index (χ2n) is 9.93. The van der Waals surface area contributed by atoms with Crippen molar-refractivity contribution < 1.29 is 0 Å². The number of hydrogen-bond acceptors (Lipinski definition) is 2. The highest BCUT2D eigenvalue weighted by atomic mass is 16.1. The molecule has 0 saturated heterocycles. The summed E-state index contributed by atoms with van der Waals surface area (Å²) in [4.78, 5) is 17.4. The van der Waals surface area contributed by atoms with Crippen LogP contribution in [0, 0.1) is 0 Å². The first-order valence-corrected chi connectivity index (χ1v) is 12.3. The van der Waals surface area contributed by atoms with E-state index >= 15 is 0 Å². The number of aromatic nitrogens is 1. The molecule has 0 atom stereocenters. The monoisotopic (exact) mass is 455 g/mol. The van der Waals surface area contributed by atoms with Crippen LogP contribution in [-0.4, -0.2) is 4.98 Å².